The molecule has 1 aromatic heterocycles. The summed E-state index contributed by atoms with van der Waals surface area (Å²) in [6.45, 7) is 0. The van der Waals surface area contributed by atoms with Crippen LogP contribution in [0.4, 0.5) is 5.69 Å². The van der Waals surface area contributed by atoms with Crippen LogP contribution >= 0.6 is 12.2 Å². The van der Waals surface area contributed by atoms with Crippen molar-refractivity contribution < 1.29 is 0 Å². The molecule has 0 bridgehead atoms. The van der Waals surface area contributed by atoms with E-state index >= 15 is 0 Å². The Balaban J connectivity index is 1.71. The van der Waals surface area contributed by atoms with Gasteiger partial charge in [-0.1, -0.05) is 31.4 Å². The van der Waals surface area contributed by atoms with E-state index in [2.05, 4.69) is 20.8 Å². The molecule has 1 fully saturated rings. The van der Waals surface area contributed by atoms with Crippen LogP contribution in [0.5, 0.6) is 0 Å². The molecule has 2 N–H and O–H groups in total. The van der Waals surface area contributed by atoms with Crippen LogP contribution in [-0.2, 0) is 0 Å². The summed E-state index contributed by atoms with van der Waals surface area (Å²) in [6.07, 6.45) is 9.89. The minimum atomic E-state index is 0.513. The molecule has 4 nitrogen and oxygen atoms in total. The molecule has 0 radical (unpaired) electrons. The monoisotopic (exact) mass is 286 g/mol. The Morgan fingerprint density at radius 1 is 1.10 bits per heavy atom. The highest BCUT2D eigenvalue weighted by Crippen LogP contribution is 2.22. The fourth-order valence-corrected chi connectivity index (χ4v) is 3.00. The molecule has 1 aliphatic carbocycles. The average molecular weight is 286 g/mol. The fraction of sp³-hybridized carbons (Fsp3) is 0.400. The van der Waals surface area contributed by atoms with Crippen LogP contribution in [-0.4, -0.2) is 21.4 Å². The van der Waals surface area contributed by atoms with Crippen LogP contribution in [0.3, 0.4) is 0 Å². The smallest absolute Gasteiger partial charge is 0.171 e. The first-order valence-electron chi connectivity index (χ1n) is 7.10. The van der Waals surface area contributed by atoms with E-state index in [1.807, 2.05) is 18.2 Å². The molecule has 104 valence electrons. The summed E-state index contributed by atoms with van der Waals surface area (Å²) in [7, 11) is 0. The van der Waals surface area contributed by atoms with Crippen LogP contribution in [0.25, 0.3) is 10.8 Å². The Kier molecular flexibility index (Phi) is 4.06. The summed E-state index contributed by atoms with van der Waals surface area (Å²) in [4.78, 5) is 0. The number of fused-ring (bicyclic) bond motifs is 1. The maximum absolute atomic E-state index is 5.42. The molecule has 1 aromatic carbocycles. The average Bonchev–Trinajstić information content (AvgIpc) is 2.48. The van der Waals surface area contributed by atoms with E-state index in [4.69, 9.17) is 12.2 Å². The summed E-state index contributed by atoms with van der Waals surface area (Å²) in [6, 6.07) is 6.54. The lowest BCUT2D eigenvalue weighted by molar-refractivity contribution is 0.415. The minimum absolute atomic E-state index is 0.513. The molecule has 1 saturated carbocycles. The summed E-state index contributed by atoms with van der Waals surface area (Å²) < 4.78 is 0. The van der Waals surface area contributed by atoms with Crippen molar-refractivity contribution in [1.29, 1.82) is 0 Å². The van der Waals surface area contributed by atoms with E-state index in [9.17, 15) is 0 Å². The molecule has 2 aromatic rings. The van der Waals surface area contributed by atoms with Gasteiger partial charge in [0.15, 0.2) is 5.11 Å². The number of nitrogens with one attached hydrogen (secondary N) is 2. The largest absolute Gasteiger partial charge is 0.360 e. The van der Waals surface area contributed by atoms with Crippen molar-refractivity contribution in [2.75, 3.05) is 5.32 Å². The maximum atomic E-state index is 5.42. The lowest BCUT2D eigenvalue weighted by Crippen LogP contribution is -2.38. The number of aromatic nitrogens is 2. The van der Waals surface area contributed by atoms with E-state index < -0.39 is 0 Å². The van der Waals surface area contributed by atoms with Crippen LogP contribution < -0.4 is 10.6 Å². The van der Waals surface area contributed by atoms with Crippen molar-refractivity contribution >= 4 is 33.8 Å². The first-order valence-corrected chi connectivity index (χ1v) is 7.51. The number of anilines is 1. The molecule has 5 heteroatoms. The molecule has 0 unspecified atom stereocenters. The number of thiocarbonyl (C=S) groups is 1. The van der Waals surface area contributed by atoms with Crippen LogP contribution in [0.15, 0.2) is 30.6 Å². The predicted molar refractivity (Wildman–Crippen MR) is 85.8 cm³/mol. The number of hydrogen-bond acceptors (Lipinski definition) is 3. The van der Waals surface area contributed by atoms with Crippen molar-refractivity contribution in [3.05, 3.63) is 30.6 Å². The van der Waals surface area contributed by atoms with Gasteiger partial charge >= 0.3 is 0 Å². The first kappa shape index (κ1) is 13.2. The van der Waals surface area contributed by atoms with Crippen LogP contribution in [0.1, 0.15) is 32.1 Å². The Morgan fingerprint density at radius 2 is 1.90 bits per heavy atom. The lowest BCUT2D eigenvalue weighted by Gasteiger charge is -2.24. The number of rotatable bonds is 2. The highest BCUT2D eigenvalue weighted by atomic mass is 32.1. The third kappa shape index (κ3) is 3.04. The number of nitrogens with zero attached hydrogens (tertiary/aromatic N) is 2. The molecule has 3 rings (SSSR count). The van der Waals surface area contributed by atoms with Crippen LogP contribution in [0.2, 0.25) is 0 Å². The molecule has 1 aliphatic rings. The van der Waals surface area contributed by atoms with Gasteiger partial charge in [-0.15, -0.1) is 0 Å². The zero-order valence-electron chi connectivity index (χ0n) is 11.3. The second-order valence-corrected chi connectivity index (χ2v) is 5.64. The molecular formula is C15H18N4S. The SMILES string of the molecule is S=C(Nc1cccc2cnncc12)NC1CCCCC1. The van der Waals surface area contributed by atoms with Gasteiger partial charge in [-0.3, -0.25) is 0 Å². The highest BCUT2D eigenvalue weighted by Gasteiger charge is 2.14. The van der Waals surface area contributed by atoms with Crippen molar-refractivity contribution in [2.45, 2.75) is 38.1 Å². The Labute approximate surface area is 124 Å². The molecule has 0 atom stereocenters. The zero-order valence-corrected chi connectivity index (χ0v) is 12.1. The van der Waals surface area contributed by atoms with Crippen molar-refractivity contribution in [2.24, 2.45) is 0 Å². The quantitative estimate of drug-likeness (QED) is 0.830. The van der Waals surface area contributed by atoms with Crippen LogP contribution in [0, 0.1) is 0 Å². The van der Waals surface area contributed by atoms with Crippen molar-refractivity contribution in [3.63, 3.8) is 0 Å². The molecule has 0 amide bonds. The van der Waals surface area contributed by atoms with Crippen molar-refractivity contribution in [3.8, 4) is 0 Å². The summed E-state index contributed by atoms with van der Waals surface area (Å²) >= 11 is 5.42. The van der Waals surface area contributed by atoms with Gasteiger partial charge in [0.05, 0.1) is 12.4 Å². The fourth-order valence-electron chi connectivity index (χ4n) is 2.73. The van der Waals surface area contributed by atoms with E-state index in [0.29, 0.717) is 11.2 Å². The lowest BCUT2D eigenvalue weighted by atomic mass is 9.96. The van der Waals surface area contributed by atoms with Gasteiger partial charge in [0.2, 0.25) is 0 Å². The topological polar surface area (TPSA) is 49.8 Å². The summed E-state index contributed by atoms with van der Waals surface area (Å²) in [5.74, 6) is 0. The minimum Gasteiger partial charge on any atom is -0.360 e. The Hall–Kier alpha value is -1.75. The molecule has 0 aliphatic heterocycles. The highest BCUT2D eigenvalue weighted by molar-refractivity contribution is 7.80. The van der Waals surface area contributed by atoms with Gasteiger partial charge < -0.3 is 10.6 Å². The van der Waals surface area contributed by atoms with E-state index in [1.54, 1.807) is 12.4 Å². The van der Waals surface area contributed by atoms with Crippen molar-refractivity contribution in [1.82, 2.24) is 15.5 Å². The third-order valence-corrected chi connectivity index (χ3v) is 4.00. The second-order valence-electron chi connectivity index (χ2n) is 5.23. The molecule has 1 heterocycles. The van der Waals surface area contributed by atoms with E-state index in [-0.39, 0.29) is 0 Å². The maximum Gasteiger partial charge on any atom is 0.171 e. The van der Waals surface area contributed by atoms with Gasteiger partial charge in [0.25, 0.3) is 0 Å². The van der Waals surface area contributed by atoms with E-state index in [1.165, 1.54) is 32.1 Å². The van der Waals surface area contributed by atoms with E-state index in [0.717, 1.165) is 16.5 Å². The van der Waals surface area contributed by atoms with Gasteiger partial charge in [-0.05, 0) is 31.1 Å². The number of benzene rings is 1. The molecule has 0 spiro atoms. The second kappa shape index (κ2) is 6.13. The predicted octanol–water partition coefficient (Wildman–Crippen LogP) is 3.25. The molecule has 0 saturated heterocycles. The van der Waals surface area contributed by atoms with Gasteiger partial charge in [-0.25, -0.2) is 0 Å². The molecule has 20 heavy (non-hydrogen) atoms. The zero-order chi connectivity index (χ0) is 13.8. The van der Waals surface area contributed by atoms with Gasteiger partial charge in [0.1, 0.15) is 0 Å². The van der Waals surface area contributed by atoms with Gasteiger partial charge in [0, 0.05) is 22.5 Å². The Morgan fingerprint density at radius 3 is 2.75 bits per heavy atom. The standard InChI is InChI=1S/C15H18N4S/c20-15(18-12-6-2-1-3-7-12)19-14-8-4-5-11-9-16-17-10-13(11)14/h4-5,8-10,12H,1-3,6-7H2,(H2,18,19,20). The Bertz CT molecular complexity index is 602. The molecular weight excluding hydrogens is 268 g/mol. The number of hydrogen-bond donors (Lipinski definition) is 2. The summed E-state index contributed by atoms with van der Waals surface area (Å²) in [5, 5.41) is 17.3. The normalized spacial score (nSPS) is 16.0. The first-order chi connectivity index (χ1) is 9.83. The van der Waals surface area contributed by atoms with Gasteiger partial charge in [-0.2, -0.15) is 10.2 Å². The summed E-state index contributed by atoms with van der Waals surface area (Å²) in [5.41, 5.74) is 0.978. The third-order valence-electron chi connectivity index (χ3n) is 3.78.